The highest BCUT2D eigenvalue weighted by atomic mass is 32.2. The number of halogens is 1. The van der Waals surface area contributed by atoms with Crippen molar-refractivity contribution in [2.75, 3.05) is 13.1 Å². The normalized spacial score (nSPS) is 17.6. The van der Waals surface area contributed by atoms with Gasteiger partial charge in [-0.1, -0.05) is 12.1 Å². The van der Waals surface area contributed by atoms with Crippen LogP contribution in [-0.2, 0) is 19.6 Å². The smallest absolute Gasteiger partial charge is 0.246 e. The molecule has 0 unspecified atom stereocenters. The maximum absolute atomic E-state index is 13.4. The summed E-state index contributed by atoms with van der Waals surface area (Å²) in [7, 11) is -4.18. The van der Waals surface area contributed by atoms with Crippen LogP contribution in [-0.4, -0.2) is 37.6 Å². The third-order valence-electron chi connectivity index (χ3n) is 2.37. The molecule has 0 saturated carbocycles. The molecule has 8 heteroatoms. The van der Waals surface area contributed by atoms with Crippen molar-refractivity contribution in [2.24, 2.45) is 0 Å². The minimum absolute atomic E-state index is 0.498. The number of amides is 2. The fourth-order valence-electron chi connectivity index (χ4n) is 1.57. The third kappa shape index (κ3) is 2.24. The number of nitrogens with zero attached hydrogens (tertiary/aromatic N) is 1. The van der Waals surface area contributed by atoms with Gasteiger partial charge in [-0.05, 0) is 12.1 Å². The summed E-state index contributed by atoms with van der Waals surface area (Å²) in [5.74, 6) is -2.38. The molecule has 96 valence electrons. The SMILES string of the molecule is O=C1CN(S(=O)(=O)c2ccccc2F)CC(=O)N1. The Morgan fingerprint density at radius 3 is 2.22 bits per heavy atom. The van der Waals surface area contributed by atoms with E-state index >= 15 is 0 Å². The molecule has 0 spiro atoms. The van der Waals surface area contributed by atoms with E-state index < -0.39 is 45.6 Å². The van der Waals surface area contributed by atoms with Gasteiger partial charge in [0.15, 0.2) is 0 Å². The molecule has 1 saturated heterocycles. The van der Waals surface area contributed by atoms with Gasteiger partial charge in [-0.15, -0.1) is 0 Å². The molecule has 1 fully saturated rings. The van der Waals surface area contributed by atoms with E-state index in [1.54, 1.807) is 0 Å². The summed E-state index contributed by atoms with van der Waals surface area (Å²) in [5, 5.41) is 1.97. The molecule has 1 aromatic rings. The molecule has 0 atom stereocenters. The molecule has 0 radical (unpaired) electrons. The lowest BCUT2D eigenvalue weighted by Crippen LogP contribution is -2.53. The molecule has 1 N–H and O–H groups in total. The third-order valence-corrected chi connectivity index (χ3v) is 4.20. The molecule has 6 nitrogen and oxygen atoms in total. The predicted octanol–water partition coefficient (Wildman–Crippen LogP) is -0.527. The fraction of sp³-hybridized carbons (Fsp3) is 0.200. The summed E-state index contributed by atoms with van der Waals surface area (Å²) < 4.78 is 38.2. The van der Waals surface area contributed by atoms with Gasteiger partial charge in [0, 0.05) is 0 Å². The van der Waals surface area contributed by atoms with E-state index in [-0.39, 0.29) is 0 Å². The van der Waals surface area contributed by atoms with Gasteiger partial charge in [0.25, 0.3) is 0 Å². The number of sulfonamides is 1. The first-order chi connectivity index (χ1) is 8.41. The summed E-state index contributed by atoms with van der Waals surface area (Å²) in [5.41, 5.74) is 0. The van der Waals surface area contributed by atoms with Crippen LogP contribution in [0.3, 0.4) is 0 Å². The number of piperazine rings is 1. The zero-order valence-electron chi connectivity index (χ0n) is 9.09. The van der Waals surface area contributed by atoms with Gasteiger partial charge in [-0.3, -0.25) is 14.9 Å². The van der Waals surface area contributed by atoms with E-state index in [4.69, 9.17) is 0 Å². The average molecular weight is 272 g/mol. The lowest BCUT2D eigenvalue weighted by molar-refractivity contribution is -0.134. The van der Waals surface area contributed by atoms with Crippen molar-refractivity contribution in [1.82, 2.24) is 9.62 Å². The average Bonchev–Trinajstić information content (AvgIpc) is 2.28. The summed E-state index contributed by atoms with van der Waals surface area (Å²) >= 11 is 0. The Labute approximate surface area is 102 Å². The zero-order valence-corrected chi connectivity index (χ0v) is 9.91. The highest BCUT2D eigenvalue weighted by Crippen LogP contribution is 2.19. The van der Waals surface area contributed by atoms with Crippen molar-refractivity contribution in [3.05, 3.63) is 30.1 Å². The lowest BCUT2D eigenvalue weighted by Gasteiger charge is -2.24. The van der Waals surface area contributed by atoms with E-state index in [9.17, 15) is 22.4 Å². The first kappa shape index (κ1) is 12.7. The molecule has 2 amide bonds. The Morgan fingerprint density at radius 2 is 1.67 bits per heavy atom. The molecular weight excluding hydrogens is 263 g/mol. The number of hydrogen-bond donors (Lipinski definition) is 1. The number of nitrogens with one attached hydrogen (secondary N) is 1. The van der Waals surface area contributed by atoms with Crippen molar-refractivity contribution in [1.29, 1.82) is 0 Å². The van der Waals surface area contributed by atoms with Crippen molar-refractivity contribution < 1.29 is 22.4 Å². The molecule has 2 rings (SSSR count). The van der Waals surface area contributed by atoms with Crippen LogP contribution in [0.4, 0.5) is 4.39 Å². The van der Waals surface area contributed by atoms with E-state index in [0.29, 0.717) is 4.31 Å². The molecule has 1 heterocycles. The highest BCUT2D eigenvalue weighted by Gasteiger charge is 2.34. The van der Waals surface area contributed by atoms with Gasteiger partial charge in [0.1, 0.15) is 10.7 Å². The van der Waals surface area contributed by atoms with Crippen LogP contribution in [0.15, 0.2) is 29.2 Å². The maximum Gasteiger partial charge on any atom is 0.246 e. The Morgan fingerprint density at radius 1 is 1.11 bits per heavy atom. The van der Waals surface area contributed by atoms with Crippen LogP contribution in [0.25, 0.3) is 0 Å². The zero-order chi connectivity index (χ0) is 13.3. The maximum atomic E-state index is 13.4. The first-order valence-corrected chi connectivity index (χ1v) is 6.42. The second-order valence-corrected chi connectivity index (χ2v) is 5.58. The van der Waals surface area contributed by atoms with Gasteiger partial charge in [0.2, 0.25) is 21.8 Å². The Balaban J connectivity index is 2.40. The van der Waals surface area contributed by atoms with Crippen molar-refractivity contribution in [3.8, 4) is 0 Å². The quantitative estimate of drug-likeness (QED) is 0.734. The van der Waals surface area contributed by atoms with Crippen LogP contribution in [0.1, 0.15) is 0 Å². The summed E-state index contributed by atoms with van der Waals surface area (Å²) in [4.78, 5) is 21.7. The number of carbonyl (C=O) groups excluding carboxylic acids is 2. The Bertz CT molecular complexity index is 598. The highest BCUT2D eigenvalue weighted by molar-refractivity contribution is 7.89. The number of hydrogen-bond acceptors (Lipinski definition) is 4. The van der Waals surface area contributed by atoms with Crippen LogP contribution >= 0.6 is 0 Å². The number of imide groups is 1. The first-order valence-electron chi connectivity index (χ1n) is 4.98. The van der Waals surface area contributed by atoms with E-state index in [1.807, 2.05) is 5.32 Å². The van der Waals surface area contributed by atoms with Crippen LogP contribution < -0.4 is 5.32 Å². The van der Waals surface area contributed by atoms with Gasteiger partial charge in [-0.2, -0.15) is 4.31 Å². The molecule has 0 aliphatic carbocycles. The van der Waals surface area contributed by atoms with Crippen LogP contribution in [0, 0.1) is 5.82 Å². The van der Waals surface area contributed by atoms with Crippen molar-refractivity contribution in [3.63, 3.8) is 0 Å². The van der Waals surface area contributed by atoms with Gasteiger partial charge in [0.05, 0.1) is 13.1 Å². The largest absolute Gasteiger partial charge is 0.294 e. The summed E-state index contributed by atoms with van der Waals surface area (Å²) in [6.07, 6.45) is 0. The molecule has 0 aromatic heterocycles. The molecule has 1 aliphatic heterocycles. The number of benzene rings is 1. The molecule has 0 bridgehead atoms. The standard InChI is InChI=1S/C10H9FN2O4S/c11-7-3-1-2-4-8(7)18(16,17)13-5-9(14)12-10(15)6-13/h1-4H,5-6H2,(H,12,14,15). The van der Waals surface area contributed by atoms with Crippen LogP contribution in [0.5, 0.6) is 0 Å². The minimum Gasteiger partial charge on any atom is -0.294 e. The van der Waals surface area contributed by atoms with Crippen LogP contribution in [0.2, 0.25) is 0 Å². The monoisotopic (exact) mass is 272 g/mol. The minimum atomic E-state index is -4.18. The Kier molecular flexibility index (Phi) is 3.14. The topological polar surface area (TPSA) is 83.6 Å². The van der Waals surface area contributed by atoms with Gasteiger partial charge < -0.3 is 0 Å². The van der Waals surface area contributed by atoms with E-state index in [0.717, 1.165) is 12.1 Å². The van der Waals surface area contributed by atoms with Gasteiger partial charge in [-0.25, -0.2) is 12.8 Å². The number of rotatable bonds is 2. The second-order valence-electron chi connectivity index (χ2n) is 3.67. The van der Waals surface area contributed by atoms with E-state index in [1.165, 1.54) is 12.1 Å². The van der Waals surface area contributed by atoms with Crippen molar-refractivity contribution >= 4 is 21.8 Å². The molecule has 1 aliphatic rings. The van der Waals surface area contributed by atoms with Crippen molar-refractivity contribution in [2.45, 2.75) is 4.90 Å². The second kappa shape index (κ2) is 4.46. The number of carbonyl (C=O) groups is 2. The fourth-order valence-corrected chi connectivity index (χ4v) is 2.99. The predicted molar refractivity (Wildman–Crippen MR) is 58.3 cm³/mol. The lowest BCUT2D eigenvalue weighted by atomic mass is 10.3. The Hall–Kier alpha value is -1.80. The summed E-state index contributed by atoms with van der Waals surface area (Å²) in [6, 6.07) is 4.80. The summed E-state index contributed by atoms with van der Waals surface area (Å²) in [6.45, 7) is -0.995. The molecular formula is C10H9FN2O4S. The molecule has 18 heavy (non-hydrogen) atoms. The van der Waals surface area contributed by atoms with Gasteiger partial charge >= 0.3 is 0 Å². The molecule has 1 aromatic carbocycles. The van der Waals surface area contributed by atoms with E-state index in [2.05, 4.69) is 0 Å².